The maximum Gasteiger partial charge on any atom is 0.234 e. The molecule has 0 unspecified atom stereocenters. The SMILES string of the molecule is COc1ccccc1[C@@H](C)NC(=O)CN1CCN(Cc2ccc(Br)s2)CC1. The van der Waals surface area contributed by atoms with Gasteiger partial charge in [0, 0.05) is 43.2 Å². The van der Waals surface area contributed by atoms with Crippen LogP contribution in [0.3, 0.4) is 0 Å². The van der Waals surface area contributed by atoms with E-state index >= 15 is 0 Å². The molecule has 0 radical (unpaired) electrons. The molecular weight excluding hydrogens is 426 g/mol. The number of ether oxygens (including phenoxy) is 1. The first-order chi connectivity index (χ1) is 13.0. The normalized spacial score (nSPS) is 16.9. The molecule has 2 heterocycles. The van der Waals surface area contributed by atoms with E-state index in [-0.39, 0.29) is 11.9 Å². The van der Waals surface area contributed by atoms with Crippen LogP contribution in [0.15, 0.2) is 40.2 Å². The first-order valence-corrected chi connectivity index (χ1v) is 10.8. The van der Waals surface area contributed by atoms with Crippen LogP contribution in [0.5, 0.6) is 5.75 Å². The van der Waals surface area contributed by atoms with E-state index in [1.165, 1.54) is 8.66 Å². The summed E-state index contributed by atoms with van der Waals surface area (Å²) in [5.74, 6) is 0.864. The molecule has 0 saturated carbocycles. The molecule has 2 aromatic rings. The van der Waals surface area contributed by atoms with Crippen molar-refractivity contribution in [1.82, 2.24) is 15.1 Å². The van der Waals surface area contributed by atoms with Gasteiger partial charge in [-0.15, -0.1) is 11.3 Å². The Morgan fingerprint density at radius 1 is 1.19 bits per heavy atom. The molecule has 1 atom stereocenters. The number of thiophene rings is 1. The Balaban J connectivity index is 1.44. The van der Waals surface area contributed by atoms with Crippen molar-refractivity contribution in [3.8, 4) is 5.75 Å². The van der Waals surface area contributed by atoms with E-state index in [2.05, 4.69) is 43.2 Å². The number of carbonyl (C=O) groups excluding carboxylic acids is 1. The first kappa shape index (κ1) is 20.3. The van der Waals surface area contributed by atoms with Crippen LogP contribution >= 0.6 is 27.3 Å². The summed E-state index contributed by atoms with van der Waals surface area (Å²) in [4.78, 5) is 18.5. The topological polar surface area (TPSA) is 44.8 Å². The number of nitrogens with zero attached hydrogens (tertiary/aromatic N) is 2. The predicted octanol–water partition coefficient (Wildman–Crippen LogP) is 3.51. The molecule has 3 rings (SSSR count). The Morgan fingerprint density at radius 2 is 1.89 bits per heavy atom. The summed E-state index contributed by atoms with van der Waals surface area (Å²) in [6, 6.07) is 12.0. The fourth-order valence-corrected chi connectivity index (χ4v) is 4.88. The third kappa shape index (κ3) is 5.78. The Kier molecular flexibility index (Phi) is 7.29. The van der Waals surface area contributed by atoms with Gasteiger partial charge in [-0.1, -0.05) is 18.2 Å². The first-order valence-electron chi connectivity index (χ1n) is 9.16. The monoisotopic (exact) mass is 451 g/mol. The molecule has 1 aliphatic heterocycles. The summed E-state index contributed by atoms with van der Waals surface area (Å²) < 4.78 is 6.57. The van der Waals surface area contributed by atoms with Crippen molar-refractivity contribution < 1.29 is 9.53 Å². The molecule has 7 heteroatoms. The van der Waals surface area contributed by atoms with Gasteiger partial charge in [0.1, 0.15) is 5.75 Å². The Morgan fingerprint density at radius 3 is 2.56 bits per heavy atom. The maximum atomic E-state index is 12.5. The van der Waals surface area contributed by atoms with E-state index in [0.717, 1.165) is 44.0 Å². The van der Waals surface area contributed by atoms with Crippen LogP contribution in [0.1, 0.15) is 23.4 Å². The number of methoxy groups -OCH3 is 1. The number of amides is 1. The van der Waals surface area contributed by atoms with Gasteiger partial charge in [0.25, 0.3) is 0 Å². The number of hydrogen-bond acceptors (Lipinski definition) is 5. The number of halogens is 1. The van der Waals surface area contributed by atoms with Gasteiger partial charge < -0.3 is 10.1 Å². The Hall–Kier alpha value is -1.41. The molecule has 1 fully saturated rings. The molecule has 5 nitrogen and oxygen atoms in total. The molecule has 146 valence electrons. The second-order valence-corrected chi connectivity index (χ2v) is 9.34. The van der Waals surface area contributed by atoms with E-state index in [0.29, 0.717) is 6.54 Å². The molecule has 27 heavy (non-hydrogen) atoms. The number of nitrogens with one attached hydrogen (secondary N) is 1. The quantitative estimate of drug-likeness (QED) is 0.699. The molecule has 0 spiro atoms. The summed E-state index contributed by atoms with van der Waals surface area (Å²) >= 11 is 5.31. The van der Waals surface area contributed by atoms with Crippen molar-refractivity contribution in [1.29, 1.82) is 0 Å². The summed E-state index contributed by atoms with van der Waals surface area (Å²) in [5.41, 5.74) is 1.00. The van der Waals surface area contributed by atoms with Crippen LogP contribution in [0.25, 0.3) is 0 Å². The molecule has 1 aromatic heterocycles. The zero-order valence-electron chi connectivity index (χ0n) is 15.8. The number of carbonyl (C=O) groups is 1. The van der Waals surface area contributed by atoms with Crippen LogP contribution < -0.4 is 10.1 Å². The molecule has 0 aliphatic carbocycles. The number of para-hydroxylation sites is 1. The van der Waals surface area contributed by atoms with Crippen molar-refractivity contribution in [3.05, 3.63) is 50.6 Å². The van der Waals surface area contributed by atoms with Gasteiger partial charge in [-0.25, -0.2) is 0 Å². The molecule has 1 N–H and O–H groups in total. The highest BCUT2D eigenvalue weighted by Gasteiger charge is 2.21. The molecule has 1 amide bonds. The summed E-state index contributed by atoms with van der Waals surface area (Å²) in [7, 11) is 1.65. The van der Waals surface area contributed by atoms with Crippen LogP contribution in [-0.4, -0.2) is 55.5 Å². The van der Waals surface area contributed by atoms with Crippen LogP contribution in [0.2, 0.25) is 0 Å². The highest BCUT2D eigenvalue weighted by atomic mass is 79.9. The van der Waals surface area contributed by atoms with E-state index in [1.54, 1.807) is 18.4 Å². The molecule has 1 aliphatic rings. The lowest BCUT2D eigenvalue weighted by atomic mass is 10.1. The van der Waals surface area contributed by atoms with E-state index in [9.17, 15) is 4.79 Å². The fourth-order valence-electron chi connectivity index (χ4n) is 3.35. The standard InChI is InChI=1S/C20H26BrN3O2S/c1-15(17-5-3-4-6-18(17)26-2)22-20(25)14-24-11-9-23(10-12-24)13-16-7-8-19(21)27-16/h3-8,15H,9-14H2,1-2H3,(H,22,25)/t15-/m1/s1. The number of rotatable bonds is 7. The van der Waals surface area contributed by atoms with Gasteiger partial charge in [-0.3, -0.25) is 14.6 Å². The zero-order chi connectivity index (χ0) is 19.2. The fraction of sp³-hybridized carbons (Fsp3) is 0.450. The van der Waals surface area contributed by atoms with Gasteiger partial charge in [-0.05, 0) is 41.1 Å². The summed E-state index contributed by atoms with van der Waals surface area (Å²) in [6.45, 7) is 7.24. The molecular formula is C20H26BrN3O2S. The average molecular weight is 452 g/mol. The van der Waals surface area contributed by atoms with E-state index in [1.807, 2.05) is 31.2 Å². The average Bonchev–Trinajstić information content (AvgIpc) is 3.08. The lowest BCUT2D eigenvalue weighted by molar-refractivity contribution is -0.123. The second kappa shape index (κ2) is 9.68. The molecule has 1 aromatic carbocycles. The third-order valence-electron chi connectivity index (χ3n) is 4.82. The number of piperazine rings is 1. The summed E-state index contributed by atoms with van der Waals surface area (Å²) in [5, 5.41) is 3.09. The zero-order valence-corrected chi connectivity index (χ0v) is 18.2. The van der Waals surface area contributed by atoms with Crippen molar-refractivity contribution in [2.75, 3.05) is 39.8 Å². The minimum Gasteiger partial charge on any atom is -0.496 e. The van der Waals surface area contributed by atoms with Crippen LogP contribution in [0.4, 0.5) is 0 Å². The van der Waals surface area contributed by atoms with Gasteiger partial charge >= 0.3 is 0 Å². The molecule has 1 saturated heterocycles. The lowest BCUT2D eigenvalue weighted by Gasteiger charge is -2.34. The third-order valence-corrected chi connectivity index (χ3v) is 6.43. The highest BCUT2D eigenvalue weighted by Crippen LogP contribution is 2.25. The molecule has 0 bridgehead atoms. The van der Waals surface area contributed by atoms with E-state index in [4.69, 9.17) is 4.74 Å². The van der Waals surface area contributed by atoms with E-state index < -0.39 is 0 Å². The van der Waals surface area contributed by atoms with Gasteiger partial charge in [0.15, 0.2) is 0 Å². The second-order valence-electron chi connectivity index (χ2n) is 6.79. The Labute approximate surface area is 173 Å². The lowest BCUT2D eigenvalue weighted by Crippen LogP contribution is -2.49. The predicted molar refractivity (Wildman–Crippen MR) is 113 cm³/mol. The Bertz CT molecular complexity index is 759. The van der Waals surface area contributed by atoms with Crippen molar-refractivity contribution in [3.63, 3.8) is 0 Å². The number of benzene rings is 1. The largest absolute Gasteiger partial charge is 0.496 e. The van der Waals surface area contributed by atoms with Crippen LogP contribution in [-0.2, 0) is 11.3 Å². The van der Waals surface area contributed by atoms with Gasteiger partial charge in [0.2, 0.25) is 5.91 Å². The van der Waals surface area contributed by atoms with Crippen molar-refractivity contribution >= 4 is 33.2 Å². The van der Waals surface area contributed by atoms with Gasteiger partial charge in [-0.2, -0.15) is 0 Å². The maximum absolute atomic E-state index is 12.5. The van der Waals surface area contributed by atoms with Crippen molar-refractivity contribution in [2.45, 2.75) is 19.5 Å². The smallest absolute Gasteiger partial charge is 0.234 e. The minimum atomic E-state index is -0.0767. The van der Waals surface area contributed by atoms with Crippen molar-refractivity contribution in [2.24, 2.45) is 0 Å². The highest BCUT2D eigenvalue weighted by molar-refractivity contribution is 9.11. The number of hydrogen-bond donors (Lipinski definition) is 1. The van der Waals surface area contributed by atoms with Crippen LogP contribution in [0, 0.1) is 0 Å². The minimum absolute atomic E-state index is 0.0593. The van der Waals surface area contributed by atoms with Gasteiger partial charge in [0.05, 0.1) is 23.5 Å². The summed E-state index contributed by atoms with van der Waals surface area (Å²) in [6.07, 6.45) is 0.